The van der Waals surface area contributed by atoms with Crippen molar-refractivity contribution in [1.82, 2.24) is 0 Å². The first-order valence-corrected chi connectivity index (χ1v) is 6.39. The second-order valence-electron chi connectivity index (χ2n) is 4.56. The molecule has 1 unspecified atom stereocenters. The minimum absolute atomic E-state index is 0.0000506. The van der Waals surface area contributed by atoms with E-state index in [1.54, 1.807) is 12.1 Å². The van der Waals surface area contributed by atoms with Crippen LogP contribution in [0.1, 0.15) is 22.1 Å². The quantitative estimate of drug-likeness (QED) is 0.833. The molecule has 4 heteroatoms. The van der Waals surface area contributed by atoms with Gasteiger partial charge in [0.15, 0.2) is 0 Å². The summed E-state index contributed by atoms with van der Waals surface area (Å²) in [6.45, 7) is 0. The van der Waals surface area contributed by atoms with Gasteiger partial charge in [-0.15, -0.1) is 11.6 Å². The summed E-state index contributed by atoms with van der Waals surface area (Å²) in [6, 6.07) is 11.8. The number of amides is 1. The highest BCUT2D eigenvalue weighted by Crippen LogP contribution is 2.33. The summed E-state index contributed by atoms with van der Waals surface area (Å²) >= 11 is 6.39. The van der Waals surface area contributed by atoms with Crippen LogP contribution < -0.4 is 5.32 Å². The lowest BCUT2D eigenvalue weighted by Crippen LogP contribution is -2.03. The van der Waals surface area contributed by atoms with Crippen molar-refractivity contribution < 1.29 is 9.18 Å². The van der Waals surface area contributed by atoms with Crippen LogP contribution in [-0.2, 0) is 11.2 Å². The summed E-state index contributed by atoms with van der Waals surface area (Å²) in [4.78, 5) is 11.3. The second kappa shape index (κ2) is 4.67. The molecule has 1 heterocycles. The van der Waals surface area contributed by atoms with E-state index in [0.29, 0.717) is 6.42 Å². The number of benzene rings is 2. The molecule has 0 fully saturated rings. The highest BCUT2D eigenvalue weighted by molar-refractivity contribution is 6.22. The molecule has 1 amide bonds. The number of rotatable bonds is 2. The predicted molar refractivity (Wildman–Crippen MR) is 72.9 cm³/mol. The number of halogens is 2. The van der Waals surface area contributed by atoms with Crippen LogP contribution in [0.15, 0.2) is 42.5 Å². The molecule has 0 spiro atoms. The van der Waals surface area contributed by atoms with Crippen molar-refractivity contribution in [2.24, 2.45) is 0 Å². The first-order valence-electron chi connectivity index (χ1n) is 5.96. The molecule has 0 aliphatic carbocycles. The summed E-state index contributed by atoms with van der Waals surface area (Å²) in [6.07, 6.45) is 0.385. The average molecular weight is 276 g/mol. The molecule has 2 aromatic carbocycles. The minimum Gasteiger partial charge on any atom is -0.326 e. The summed E-state index contributed by atoms with van der Waals surface area (Å²) in [5.74, 6) is -0.281. The van der Waals surface area contributed by atoms with Crippen molar-refractivity contribution in [1.29, 1.82) is 0 Å². The topological polar surface area (TPSA) is 29.1 Å². The number of carbonyl (C=O) groups is 1. The number of nitrogens with one attached hydrogen (secondary N) is 1. The number of carbonyl (C=O) groups excluding carboxylic acids is 1. The highest BCUT2D eigenvalue weighted by Gasteiger charge is 2.19. The number of anilines is 1. The van der Waals surface area contributed by atoms with Gasteiger partial charge in [0.25, 0.3) is 0 Å². The van der Waals surface area contributed by atoms with Gasteiger partial charge in [0.2, 0.25) is 5.91 Å². The van der Waals surface area contributed by atoms with Crippen molar-refractivity contribution in [3.63, 3.8) is 0 Å². The van der Waals surface area contributed by atoms with E-state index in [1.807, 2.05) is 18.2 Å². The number of hydrogen-bond acceptors (Lipinski definition) is 1. The van der Waals surface area contributed by atoms with E-state index in [2.05, 4.69) is 5.32 Å². The third-order valence-electron chi connectivity index (χ3n) is 3.21. The Morgan fingerprint density at radius 3 is 2.53 bits per heavy atom. The molecule has 19 heavy (non-hydrogen) atoms. The van der Waals surface area contributed by atoms with Crippen LogP contribution in [0.4, 0.5) is 10.1 Å². The monoisotopic (exact) mass is 275 g/mol. The number of fused-ring (bicyclic) bond motifs is 1. The van der Waals surface area contributed by atoms with Gasteiger partial charge >= 0.3 is 0 Å². The Kier molecular flexibility index (Phi) is 2.99. The summed E-state index contributed by atoms with van der Waals surface area (Å²) in [5, 5.41) is 2.43. The van der Waals surface area contributed by atoms with Crippen LogP contribution >= 0.6 is 11.6 Å². The Morgan fingerprint density at radius 2 is 1.79 bits per heavy atom. The van der Waals surface area contributed by atoms with Gasteiger partial charge in [-0.1, -0.05) is 24.3 Å². The molecular formula is C15H11ClFNO. The molecule has 0 aromatic heterocycles. The van der Waals surface area contributed by atoms with Gasteiger partial charge in [-0.3, -0.25) is 4.79 Å². The van der Waals surface area contributed by atoms with E-state index in [1.165, 1.54) is 12.1 Å². The van der Waals surface area contributed by atoms with Crippen molar-refractivity contribution >= 4 is 23.2 Å². The Hall–Kier alpha value is -1.87. The normalized spacial score (nSPS) is 14.9. The maximum Gasteiger partial charge on any atom is 0.228 e. The maximum atomic E-state index is 12.9. The molecule has 0 saturated carbocycles. The van der Waals surface area contributed by atoms with Gasteiger partial charge in [-0.2, -0.15) is 0 Å². The van der Waals surface area contributed by atoms with Crippen molar-refractivity contribution in [3.05, 3.63) is 65.0 Å². The molecule has 1 N–H and O–H groups in total. The zero-order valence-corrected chi connectivity index (χ0v) is 10.7. The van der Waals surface area contributed by atoms with E-state index in [0.717, 1.165) is 22.4 Å². The smallest absolute Gasteiger partial charge is 0.228 e. The standard InChI is InChI=1S/C15H11ClFNO/c16-15(9-1-4-12(17)5-2-9)10-3-6-13-11(7-10)8-14(19)18-13/h1-7,15H,8H2,(H,18,19). The van der Waals surface area contributed by atoms with Crippen LogP contribution in [0.25, 0.3) is 0 Å². The van der Waals surface area contributed by atoms with Crippen LogP contribution in [0.2, 0.25) is 0 Å². The minimum atomic E-state index is -0.346. The molecule has 2 aromatic rings. The number of hydrogen-bond donors (Lipinski definition) is 1. The molecule has 96 valence electrons. The SMILES string of the molecule is O=C1Cc2cc(C(Cl)c3ccc(F)cc3)ccc2N1. The maximum absolute atomic E-state index is 12.9. The van der Waals surface area contributed by atoms with Crippen LogP contribution in [-0.4, -0.2) is 5.91 Å². The van der Waals surface area contributed by atoms with Crippen LogP contribution in [0.3, 0.4) is 0 Å². The summed E-state index contributed by atoms with van der Waals surface area (Å²) in [7, 11) is 0. The molecule has 1 aliphatic heterocycles. The van der Waals surface area contributed by atoms with Crippen LogP contribution in [0, 0.1) is 5.82 Å². The first-order chi connectivity index (χ1) is 9.13. The predicted octanol–water partition coefficient (Wildman–Crippen LogP) is 3.65. The van der Waals surface area contributed by atoms with E-state index in [4.69, 9.17) is 11.6 Å². The van der Waals surface area contributed by atoms with E-state index >= 15 is 0 Å². The fraction of sp³-hybridized carbons (Fsp3) is 0.133. The molecule has 1 atom stereocenters. The van der Waals surface area contributed by atoms with Gasteiger partial charge < -0.3 is 5.32 Å². The van der Waals surface area contributed by atoms with Gasteiger partial charge in [-0.05, 0) is 34.9 Å². The lowest BCUT2D eigenvalue weighted by molar-refractivity contribution is -0.115. The Labute approximate surface area is 115 Å². The zero-order valence-electron chi connectivity index (χ0n) is 9.99. The molecule has 0 radical (unpaired) electrons. The molecular weight excluding hydrogens is 265 g/mol. The van der Waals surface area contributed by atoms with E-state index < -0.39 is 0 Å². The fourth-order valence-electron chi connectivity index (χ4n) is 2.23. The van der Waals surface area contributed by atoms with Gasteiger partial charge in [0, 0.05) is 5.69 Å². The lowest BCUT2D eigenvalue weighted by Gasteiger charge is -2.11. The van der Waals surface area contributed by atoms with Gasteiger partial charge in [0.1, 0.15) is 5.82 Å². The highest BCUT2D eigenvalue weighted by atomic mass is 35.5. The van der Waals surface area contributed by atoms with Crippen molar-refractivity contribution in [2.45, 2.75) is 11.8 Å². The first kappa shape index (κ1) is 12.2. The van der Waals surface area contributed by atoms with Gasteiger partial charge in [0.05, 0.1) is 11.8 Å². The number of alkyl halides is 1. The van der Waals surface area contributed by atoms with Crippen molar-refractivity contribution in [2.75, 3.05) is 5.32 Å². The molecule has 2 nitrogen and oxygen atoms in total. The fourth-order valence-corrected chi connectivity index (χ4v) is 2.51. The Balaban J connectivity index is 1.92. The molecule has 1 aliphatic rings. The zero-order chi connectivity index (χ0) is 13.4. The second-order valence-corrected chi connectivity index (χ2v) is 4.99. The largest absolute Gasteiger partial charge is 0.326 e. The Bertz CT molecular complexity index is 639. The Morgan fingerprint density at radius 1 is 1.11 bits per heavy atom. The third kappa shape index (κ3) is 2.34. The lowest BCUT2D eigenvalue weighted by atomic mass is 10.0. The molecule has 0 bridgehead atoms. The average Bonchev–Trinajstić information content (AvgIpc) is 2.77. The summed E-state index contributed by atoms with van der Waals surface area (Å²) < 4.78 is 12.9. The van der Waals surface area contributed by atoms with E-state index in [9.17, 15) is 9.18 Å². The van der Waals surface area contributed by atoms with Crippen molar-refractivity contribution in [3.8, 4) is 0 Å². The van der Waals surface area contributed by atoms with Crippen LogP contribution in [0.5, 0.6) is 0 Å². The molecule has 3 rings (SSSR count). The summed E-state index contributed by atoms with van der Waals surface area (Å²) in [5.41, 5.74) is 3.54. The van der Waals surface area contributed by atoms with Gasteiger partial charge in [-0.25, -0.2) is 4.39 Å². The van der Waals surface area contributed by atoms with E-state index in [-0.39, 0.29) is 17.1 Å². The molecule has 0 saturated heterocycles. The third-order valence-corrected chi connectivity index (χ3v) is 3.71.